The largest absolute Gasteiger partial charge is 0.480 e. The number of aliphatic carboxylic acids is 1. The number of nitrogens with one attached hydrogen (secondary N) is 6. The molecule has 9 amide bonds. The van der Waals surface area contributed by atoms with Gasteiger partial charge in [0, 0.05) is 93.1 Å². The van der Waals surface area contributed by atoms with Crippen molar-refractivity contribution in [1.82, 2.24) is 60.9 Å². The minimum atomic E-state index is -2.12. The summed E-state index contributed by atoms with van der Waals surface area (Å²) < 4.78 is 41.1. The fourth-order valence-electron chi connectivity index (χ4n) is 12.0. The fourth-order valence-corrected chi connectivity index (χ4v) is 12.0. The summed E-state index contributed by atoms with van der Waals surface area (Å²) in [5.41, 5.74) is 1.42. The molecule has 0 saturated heterocycles. The van der Waals surface area contributed by atoms with Crippen molar-refractivity contribution < 1.29 is 86.3 Å². The number of carbonyl (C=O) groups excluding carboxylic acids is 10. The highest BCUT2D eigenvalue weighted by Gasteiger charge is 2.46. The number of carboxylic acids is 1. The highest BCUT2D eigenvalue weighted by Crippen LogP contribution is 2.46. The summed E-state index contributed by atoms with van der Waals surface area (Å²) in [6.07, 6.45) is 1.79. The van der Waals surface area contributed by atoms with Gasteiger partial charge in [0.15, 0.2) is 5.60 Å². The molecule has 6 heterocycles. The maximum Gasteiger partial charge on any atom is 0.408 e. The van der Waals surface area contributed by atoms with E-state index in [1.54, 1.807) is 58.0 Å². The molecule has 8 N–H and O–H groups in total. The van der Waals surface area contributed by atoms with Crippen molar-refractivity contribution in [3.63, 3.8) is 0 Å². The van der Waals surface area contributed by atoms with E-state index in [-0.39, 0.29) is 124 Å². The maximum atomic E-state index is 15.8. The van der Waals surface area contributed by atoms with Crippen LogP contribution < -0.4 is 37.5 Å². The lowest BCUT2D eigenvalue weighted by atomic mass is 9.81. The number of esters is 1. The molecule has 32 heteroatoms. The van der Waals surface area contributed by atoms with Gasteiger partial charge in [0.2, 0.25) is 35.4 Å². The van der Waals surface area contributed by atoms with Crippen LogP contribution in [-0.4, -0.2) is 181 Å². The van der Waals surface area contributed by atoms with Gasteiger partial charge in [-0.1, -0.05) is 38.1 Å². The standard InChI is InChI=1S/C65H76FN13O18/c1-8-65(93)43-26-48-58-41(29-79(48)61(89)42(43)31-96-63(65)91)56-45(14-13-40-34(4)44(66)27-47(72-58)55(40)56)73-64(92)97-49(37-9-11-38(12-10-37)70-59(87)35(5)68-60(88)57(33(2)3)69-36(6)80)25-39-28-77(75-74-39)20-17-46(62(90)76(7)30-54(85)86)71-51(82)32-95-24-23-94-22-19-67-50(81)18-21-78-52(83)15-16-53(78)84/h9-12,15-16,26-28,33,35,45-46,49,57,93H,8,13-14,17-25,29-32H2,1-7H3,(H,67,81)(H,68,88)(H,69,80)(H,70,87)(H,71,82)(H,73,92)(H,85,86)/t35-,45-,46-,49?,57-,65?/m0/s1. The number of cyclic esters (lactones) is 1. The third-order valence-electron chi connectivity index (χ3n) is 17.2. The number of aryl methyl sites for hydroxylation is 2. The molecule has 4 aliphatic rings. The van der Waals surface area contributed by atoms with Crippen LogP contribution in [0, 0.1) is 18.7 Å². The van der Waals surface area contributed by atoms with E-state index in [0.29, 0.717) is 45.3 Å². The number of fused-ring (bicyclic) bond motifs is 5. The summed E-state index contributed by atoms with van der Waals surface area (Å²) in [5, 5.41) is 46.4. The predicted octanol–water partition coefficient (Wildman–Crippen LogP) is 1.30. The Hall–Kier alpha value is -10.3. The Balaban J connectivity index is 0.903. The van der Waals surface area contributed by atoms with Crippen molar-refractivity contribution in [3.8, 4) is 11.4 Å². The molecule has 1 aliphatic carbocycles. The smallest absolute Gasteiger partial charge is 0.408 e. The van der Waals surface area contributed by atoms with Crippen molar-refractivity contribution in [3.05, 3.63) is 116 Å². The van der Waals surface area contributed by atoms with Gasteiger partial charge in [-0.2, -0.15) is 0 Å². The van der Waals surface area contributed by atoms with Crippen LogP contribution in [0.3, 0.4) is 0 Å². The van der Waals surface area contributed by atoms with E-state index >= 15 is 4.39 Å². The van der Waals surface area contributed by atoms with Crippen LogP contribution in [0.1, 0.15) is 117 Å². The Bertz CT molecular complexity index is 4040. The first-order valence-corrected chi connectivity index (χ1v) is 31.5. The number of hydrogen-bond donors (Lipinski definition) is 8. The van der Waals surface area contributed by atoms with Crippen LogP contribution >= 0.6 is 0 Å². The number of nitrogens with zero attached hydrogens (tertiary/aromatic N) is 7. The Labute approximate surface area is 554 Å². The van der Waals surface area contributed by atoms with Crippen molar-refractivity contribution in [2.75, 3.05) is 58.4 Å². The first-order valence-electron chi connectivity index (χ1n) is 31.5. The lowest BCUT2D eigenvalue weighted by Gasteiger charge is -2.31. The first-order chi connectivity index (χ1) is 46.1. The highest BCUT2D eigenvalue weighted by atomic mass is 19.1. The number of hydrogen-bond acceptors (Lipinski definition) is 20. The van der Waals surface area contributed by atoms with E-state index in [0.717, 1.165) is 22.0 Å². The Kier molecular flexibility index (Phi) is 22.4. The number of alkyl carbamates (subject to hydrolysis) is 1. The average Bonchev–Trinajstić information content (AvgIpc) is 1.70. The zero-order valence-electron chi connectivity index (χ0n) is 54.4. The molecule has 0 radical (unpaired) electrons. The van der Waals surface area contributed by atoms with Crippen LogP contribution in [0.2, 0.25) is 0 Å². The molecule has 0 bridgehead atoms. The number of aliphatic hydroxyl groups is 1. The number of pyridine rings is 2. The second-order valence-electron chi connectivity index (χ2n) is 24.3. The second-order valence-corrected chi connectivity index (χ2v) is 24.3. The van der Waals surface area contributed by atoms with Gasteiger partial charge in [0.05, 0.1) is 60.6 Å². The number of halogens is 1. The van der Waals surface area contributed by atoms with Gasteiger partial charge in [-0.25, -0.2) is 19.0 Å². The molecule has 516 valence electrons. The molecule has 2 aromatic carbocycles. The SMILES string of the molecule is CCC1(O)C(=O)OCc2c1cc1n(c2=O)Cc2c-1nc1cc(F)c(C)c3c1c2[C@@H](NC(=O)OC(Cc1cn(CC[C@H](NC(=O)COCCOCCNC(=O)CCN2C(=O)C=CC2=O)C(=O)N(C)CC(=O)O)nn1)c1ccc(NC(=O)[C@H](C)NC(=O)[C@@H](NC(C)=O)C(C)C)cc1)CC3. The average molecular weight is 1350 g/mol. The van der Waals surface area contributed by atoms with E-state index in [9.17, 15) is 67.7 Å². The number of imide groups is 1. The van der Waals surface area contributed by atoms with Crippen molar-refractivity contribution >= 4 is 81.9 Å². The van der Waals surface area contributed by atoms with E-state index in [4.69, 9.17) is 23.9 Å². The molecule has 2 unspecified atom stereocenters. The summed E-state index contributed by atoms with van der Waals surface area (Å²) in [4.78, 5) is 161. The monoisotopic (exact) mass is 1350 g/mol. The fraction of sp³-hybridized carbons (Fsp3) is 0.462. The summed E-state index contributed by atoms with van der Waals surface area (Å²) in [6, 6.07) is 5.04. The number of likely N-dealkylation sites (N-methyl/N-ethyl adjacent to an activating group) is 1. The van der Waals surface area contributed by atoms with Crippen LogP contribution in [-0.2, 0) is 105 Å². The minimum absolute atomic E-state index is 0.0144. The molecule has 97 heavy (non-hydrogen) atoms. The maximum absolute atomic E-state index is 15.8. The summed E-state index contributed by atoms with van der Waals surface area (Å²) >= 11 is 0. The molecule has 6 atom stereocenters. The van der Waals surface area contributed by atoms with E-state index < -0.39 is 126 Å². The molecule has 31 nitrogen and oxygen atoms in total. The summed E-state index contributed by atoms with van der Waals surface area (Å²) in [5.74, 6) is -7.46. The van der Waals surface area contributed by atoms with E-state index in [2.05, 4.69) is 42.2 Å². The van der Waals surface area contributed by atoms with Gasteiger partial charge in [-0.15, -0.1) is 5.10 Å². The van der Waals surface area contributed by atoms with Gasteiger partial charge in [-0.05, 0) is 85.9 Å². The third kappa shape index (κ3) is 16.3. The van der Waals surface area contributed by atoms with Gasteiger partial charge in [0.25, 0.3) is 17.4 Å². The Morgan fingerprint density at radius 3 is 2.31 bits per heavy atom. The lowest BCUT2D eigenvalue weighted by Crippen LogP contribution is -2.53. The van der Waals surface area contributed by atoms with Crippen molar-refractivity contribution in [2.24, 2.45) is 5.92 Å². The topological polar surface area (TPSA) is 409 Å². The van der Waals surface area contributed by atoms with Crippen LogP contribution in [0.25, 0.3) is 22.3 Å². The molecule has 5 aromatic rings. The molecular formula is C65H76FN13O18. The second kappa shape index (κ2) is 30.6. The number of rotatable bonds is 30. The quantitative estimate of drug-likeness (QED) is 0.0179. The molecule has 0 spiro atoms. The molecule has 0 fully saturated rings. The molecule has 9 rings (SSSR count). The Morgan fingerprint density at radius 2 is 1.62 bits per heavy atom. The van der Waals surface area contributed by atoms with Gasteiger partial charge in [0.1, 0.15) is 49.8 Å². The number of amides is 9. The lowest BCUT2D eigenvalue weighted by molar-refractivity contribution is -0.172. The molecule has 3 aromatic heterocycles. The van der Waals surface area contributed by atoms with Gasteiger partial charge < -0.3 is 70.5 Å². The molecular weight excluding hydrogens is 1270 g/mol. The number of anilines is 1. The van der Waals surface area contributed by atoms with Crippen LogP contribution in [0.5, 0.6) is 0 Å². The third-order valence-corrected chi connectivity index (χ3v) is 17.2. The first kappa shape index (κ1) is 71.0. The molecule has 3 aliphatic heterocycles. The predicted molar refractivity (Wildman–Crippen MR) is 338 cm³/mol. The highest BCUT2D eigenvalue weighted by molar-refractivity contribution is 6.13. The zero-order chi connectivity index (χ0) is 70.2. The van der Waals surface area contributed by atoms with Gasteiger partial charge >= 0.3 is 18.0 Å². The molecule has 0 saturated carbocycles. The van der Waals surface area contributed by atoms with Crippen molar-refractivity contribution in [1.29, 1.82) is 0 Å². The number of carbonyl (C=O) groups is 11. The van der Waals surface area contributed by atoms with Crippen LogP contribution in [0.4, 0.5) is 14.9 Å². The number of aromatic nitrogens is 5. The summed E-state index contributed by atoms with van der Waals surface area (Å²) in [7, 11) is 1.25. The summed E-state index contributed by atoms with van der Waals surface area (Å²) in [6.45, 7) is 7.85. The van der Waals surface area contributed by atoms with Crippen molar-refractivity contribution in [2.45, 2.75) is 136 Å². The Morgan fingerprint density at radius 1 is 0.897 bits per heavy atom. The zero-order valence-corrected chi connectivity index (χ0v) is 54.4. The minimum Gasteiger partial charge on any atom is -0.480 e. The van der Waals surface area contributed by atoms with E-state index in [1.807, 2.05) is 0 Å². The number of benzene rings is 2. The number of ether oxygens (including phenoxy) is 4. The normalized spacial score (nSPS) is 17.1. The van der Waals surface area contributed by atoms with Gasteiger partial charge in [-0.3, -0.25) is 57.5 Å². The van der Waals surface area contributed by atoms with Crippen LogP contribution in [0.15, 0.2) is 59.5 Å². The van der Waals surface area contributed by atoms with E-state index in [1.165, 1.54) is 42.4 Å². The number of carboxylic acid groups (broad SMARTS) is 1.